The summed E-state index contributed by atoms with van der Waals surface area (Å²) >= 11 is 0. The number of aromatic nitrogens is 1. The van der Waals surface area contributed by atoms with Crippen LogP contribution in [0.5, 0.6) is 0 Å². The fourth-order valence-electron chi connectivity index (χ4n) is 4.43. The summed E-state index contributed by atoms with van der Waals surface area (Å²) in [4.78, 5) is 28.2. The van der Waals surface area contributed by atoms with Crippen LogP contribution in [0.1, 0.15) is 30.5 Å². The summed E-state index contributed by atoms with van der Waals surface area (Å²) in [5, 5.41) is 2.89. The molecule has 28 heavy (non-hydrogen) atoms. The Morgan fingerprint density at radius 1 is 1.29 bits per heavy atom. The number of halogens is 3. The number of likely N-dealkylation sites (tertiary alicyclic amines) is 1. The molecule has 1 aromatic rings. The van der Waals surface area contributed by atoms with Crippen molar-refractivity contribution in [1.29, 1.82) is 0 Å². The van der Waals surface area contributed by atoms with Gasteiger partial charge in [0.15, 0.2) is 0 Å². The van der Waals surface area contributed by atoms with E-state index in [0.717, 1.165) is 12.1 Å². The van der Waals surface area contributed by atoms with Gasteiger partial charge in [-0.25, -0.2) is 0 Å². The highest BCUT2D eigenvalue weighted by Crippen LogP contribution is 2.41. The molecule has 0 spiro atoms. The van der Waals surface area contributed by atoms with Crippen molar-refractivity contribution in [1.82, 2.24) is 19.7 Å². The molecule has 1 fully saturated rings. The van der Waals surface area contributed by atoms with Crippen molar-refractivity contribution in [3.8, 4) is 0 Å². The van der Waals surface area contributed by atoms with Crippen molar-refractivity contribution in [2.24, 2.45) is 5.92 Å². The Hall–Kier alpha value is -1.87. The van der Waals surface area contributed by atoms with E-state index in [9.17, 15) is 22.8 Å². The summed E-state index contributed by atoms with van der Waals surface area (Å²) in [6, 6.07) is 4.83. The minimum absolute atomic E-state index is 0.0271. The van der Waals surface area contributed by atoms with Crippen molar-refractivity contribution in [3.05, 3.63) is 34.2 Å². The summed E-state index contributed by atoms with van der Waals surface area (Å²) in [7, 11) is 3.59. The van der Waals surface area contributed by atoms with E-state index in [-0.39, 0.29) is 42.4 Å². The minimum Gasteiger partial charge on any atom is -0.353 e. The number of rotatable bonds is 6. The first kappa shape index (κ1) is 20.9. The molecule has 1 N–H and O–H groups in total. The van der Waals surface area contributed by atoms with Gasteiger partial charge in [0.05, 0.1) is 19.0 Å². The summed E-state index contributed by atoms with van der Waals surface area (Å²) in [6.07, 6.45) is -4.20. The predicted octanol–water partition coefficient (Wildman–Crippen LogP) is 1.44. The highest BCUT2D eigenvalue weighted by molar-refractivity contribution is 5.77. The second-order valence-electron chi connectivity index (χ2n) is 8.09. The number of nitrogens with one attached hydrogen (secondary N) is 1. The summed E-state index contributed by atoms with van der Waals surface area (Å²) in [6.45, 7) is 1.53. The number of carbonyl (C=O) groups is 1. The summed E-state index contributed by atoms with van der Waals surface area (Å²) in [5.74, 6) is -0.0729. The van der Waals surface area contributed by atoms with E-state index in [4.69, 9.17) is 0 Å². The molecule has 3 heterocycles. The van der Waals surface area contributed by atoms with Crippen LogP contribution in [-0.2, 0) is 4.79 Å². The minimum atomic E-state index is -4.18. The van der Waals surface area contributed by atoms with Gasteiger partial charge in [-0.1, -0.05) is 6.07 Å². The van der Waals surface area contributed by atoms with Gasteiger partial charge in [-0.05, 0) is 32.5 Å². The molecular formula is C19H27F3N4O2. The molecular weight excluding hydrogens is 373 g/mol. The van der Waals surface area contributed by atoms with Crippen LogP contribution in [0.25, 0.3) is 0 Å². The van der Waals surface area contributed by atoms with Gasteiger partial charge in [-0.3, -0.25) is 9.59 Å². The van der Waals surface area contributed by atoms with E-state index >= 15 is 0 Å². The van der Waals surface area contributed by atoms with E-state index in [1.165, 1.54) is 6.07 Å². The Balaban J connectivity index is 1.79. The molecule has 0 radical (unpaired) electrons. The zero-order chi connectivity index (χ0) is 20.5. The molecule has 2 aliphatic rings. The number of alkyl halides is 3. The lowest BCUT2D eigenvalue weighted by atomic mass is 9.78. The molecule has 0 aromatic carbocycles. The number of hydrogen-bond acceptors (Lipinski definition) is 4. The molecule has 156 valence electrons. The van der Waals surface area contributed by atoms with Crippen molar-refractivity contribution >= 4 is 5.91 Å². The Morgan fingerprint density at radius 3 is 2.71 bits per heavy atom. The molecule has 3 rings (SSSR count). The quantitative estimate of drug-likeness (QED) is 0.785. The predicted molar refractivity (Wildman–Crippen MR) is 99.3 cm³/mol. The zero-order valence-corrected chi connectivity index (χ0v) is 16.2. The van der Waals surface area contributed by atoms with Crippen LogP contribution >= 0.6 is 0 Å². The molecule has 2 aliphatic heterocycles. The van der Waals surface area contributed by atoms with Crippen LogP contribution < -0.4 is 10.9 Å². The maximum absolute atomic E-state index is 12.7. The van der Waals surface area contributed by atoms with Gasteiger partial charge >= 0.3 is 6.18 Å². The maximum Gasteiger partial charge on any atom is 0.390 e. The average Bonchev–Trinajstić information content (AvgIpc) is 2.59. The highest BCUT2D eigenvalue weighted by atomic mass is 19.4. The van der Waals surface area contributed by atoms with Crippen molar-refractivity contribution in [2.75, 3.05) is 46.8 Å². The van der Waals surface area contributed by atoms with Crippen LogP contribution in [0, 0.1) is 5.92 Å². The molecule has 0 aliphatic carbocycles. The van der Waals surface area contributed by atoms with Gasteiger partial charge in [0, 0.05) is 43.9 Å². The van der Waals surface area contributed by atoms with E-state index in [1.54, 1.807) is 29.6 Å². The first-order chi connectivity index (χ1) is 13.1. The van der Waals surface area contributed by atoms with Crippen molar-refractivity contribution < 1.29 is 18.0 Å². The summed E-state index contributed by atoms with van der Waals surface area (Å²) in [5.41, 5.74) is 0.732. The number of likely N-dealkylation sites (N-methyl/N-ethyl adjacent to an activating group) is 1. The standard InChI is InChI=1S/C19H27F3N4O2/c1-24(2)12-17(27)23-9-16-14-8-13(15-4-3-5-18(28)26(15)16)10-25(11-14)7-6-19(20,21)22/h3-5,13-14,16H,6-12H2,1-2H3,(H,23,27)/t13-,14+,16+/m1/s1. The molecule has 1 amide bonds. The van der Waals surface area contributed by atoms with Gasteiger partial charge in [-0.2, -0.15) is 13.2 Å². The average molecular weight is 400 g/mol. The lowest BCUT2D eigenvalue weighted by Gasteiger charge is -2.47. The molecule has 1 saturated heterocycles. The monoisotopic (exact) mass is 400 g/mol. The highest BCUT2D eigenvalue weighted by Gasteiger charge is 2.41. The smallest absolute Gasteiger partial charge is 0.353 e. The molecule has 2 bridgehead atoms. The Bertz CT molecular complexity index is 762. The third-order valence-electron chi connectivity index (χ3n) is 5.55. The molecule has 9 heteroatoms. The fraction of sp³-hybridized carbons (Fsp3) is 0.684. The van der Waals surface area contributed by atoms with Gasteiger partial charge in [-0.15, -0.1) is 0 Å². The van der Waals surface area contributed by atoms with Gasteiger partial charge in [0.2, 0.25) is 5.91 Å². The first-order valence-electron chi connectivity index (χ1n) is 9.56. The van der Waals surface area contributed by atoms with E-state index in [0.29, 0.717) is 19.6 Å². The number of amides is 1. The van der Waals surface area contributed by atoms with Gasteiger partial charge in [0.25, 0.3) is 5.56 Å². The Labute approximate surface area is 162 Å². The van der Waals surface area contributed by atoms with Crippen molar-refractivity contribution in [3.63, 3.8) is 0 Å². The number of piperidine rings is 1. The van der Waals surface area contributed by atoms with E-state index < -0.39 is 12.6 Å². The zero-order valence-electron chi connectivity index (χ0n) is 16.2. The van der Waals surface area contributed by atoms with E-state index in [1.807, 2.05) is 11.0 Å². The Kier molecular flexibility index (Phi) is 6.14. The topological polar surface area (TPSA) is 57.6 Å². The largest absolute Gasteiger partial charge is 0.390 e. The normalized spacial score (nSPS) is 24.9. The second kappa shape index (κ2) is 8.24. The lowest BCUT2D eigenvalue weighted by Crippen LogP contribution is -2.52. The number of carbonyl (C=O) groups excluding carboxylic acids is 1. The van der Waals surface area contributed by atoms with Crippen LogP contribution in [0.15, 0.2) is 23.0 Å². The van der Waals surface area contributed by atoms with Crippen LogP contribution in [0.3, 0.4) is 0 Å². The van der Waals surface area contributed by atoms with Crippen molar-refractivity contribution in [2.45, 2.75) is 31.0 Å². The fourth-order valence-corrected chi connectivity index (χ4v) is 4.43. The van der Waals surface area contributed by atoms with E-state index in [2.05, 4.69) is 5.32 Å². The first-order valence-corrected chi connectivity index (χ1v) is 9.56. The number of pyridine rings is 1. The number of hydrogen-bond donors (Lipinski definition) is 1. The van der Waals surface area contributed by atoms with Crippen LogP contribution in [0.4, 0.5) is 13.2 Å². The third kappa shape index (κ3) is 4.94. The van der Waals surface area contributed by atoms with Crippen LogP contribution in [-0.4, -0.2) is 73.3 Å². The Morgan fingerprint density at radius 2 is 2.04 bits per heavy atom. The molecule has 1 aromatic heterocycles. The lowest BCUT2D eigenvalue weighted by molar-refractivity contribution is -0.139. The molecule has 6 nitrogen and oxygen atoms in total. The third-order valence-corrected chi connectivity index (χ3v) is 5.55. The van der Waals surface area contributed by atoms with Gasteiger partial charge < -0.3 is 19.7 Å². The van der Waals surface area contributed by atoms with Gasteiger partial charge in [0.1, 0.15) is 0 Å². The molecule has 0 unspecified atom stereocenters. The maximum atomic E-state index is 12.7. The SMILES string of the molecule is CN(C)CC(=O)NC[C@H]1[C@H]2C[C@H](CN(CCC(F)(F)F)C2)c2cccc(=O)n21. The number of nitrogens with zero attached hydrogens (tertiary/aromatic N) is 3. The summed E-state index contributed by atoms with van der Waals surface area (Å²) < 4.78 is 39.7. The number of fused-ring (bicyclic) bond motifs is 4. The second-order valence-corrected chi connectivity index (χ2v) is 8.09. The van der Waals surface area contributed by atoms with Crippen LogP contribution in [0.2, 0.25) is 0 Å². The molecule has 3 atom stereocenters. The molecule has 0 saturated carbocycles.